The van der Waals surface area contributed by atoms with Crippen LogP contribution in [0.15, 0.2) is 24.3 Å². The summed E-state index contributed by atoms with van der Waals surface area (Å²) in [6, 6.07) is -0.639. The Kier molecular flexibility index (Phi) is 56.5. The number of ether oxygens (including phenoxy) is 1. The van der Waals surface area contributed by atoms with Crippen LogP contribution in [0.4, 0.5) is 0 Å². The van der Waals surface area contributed by atoms with Crippen molar-refractivity contribution in [1.82, 2.24) is 5.32 Å². The fraction of sp³-hybridized carbons (Fsp3) is 0.903. The van der Waals surface area contributed by atoms with Gasteiger partial charge in [-0.2, -0.15) is 0 Å². The molecule has 0 bridgehead atoms. The second-order valence-corrected chi connectivity index (χ2v) is 21.0. The highest BCUT2D eigenvalue weighted by Crippen LogP contribution is 2.17. The molecule has 2 atom stereocenters. The fourth-order valence-electron chi connectivity index (χ4n) is 9.51. The molecule has 402 valence electrons. The van der Waals surface area contributed by atoms with Gasteiger partial charge in [-0.15, -0.1) is 0 Å². The molecule has 0 aliphatic rings. The number of hydrogen-bond donors (Lipinski definition) is 3. The van der Waals surface area contributed by atoms with Gasteiger partial charge in [-0.05, 0) is 57.8 Å². The zero-order valence-corrected chi connectivity index (χ0v) is 45.9. The van der Waals surface area contributed by atoms with Gasteiger partial charge in [0.1, 0.15) is 0 Å². The molecule has 2 unspecified atom stereocenters. The van der Waals surface area contributed by atoms with E-state index in [4.69, 9.17) is 4.74 Å². The number of unbranched alkanes of at least 4 members (excludes halogenated alkanes) is 44. The third kappa shape index (κ3) is 53.7. The molecule has 0 aromatic rings. The first-order valence-electron chi connectivity index (χ1n) is 30.6. The summed E-state index contributed by atoms with van der Waals surface area (Å²) in [5, 5.41) is 23.2. The average molecular weight is 959 g/mol. The van der Waals surface area contributed by atoms with Gasteiger partial charge in [0.2, 0.25) is 5.91 Å². The molecule has 0 aromatic carbocycles. The summed E-state index contributed by atoms with van der Waals surface area (Å²) in [6.07, 6.45) is 70.7. The molecule has 0 fully saturated rings. The Bertz CT molecular complexity index is 1060. The monoisotopic (exact) mass is 958 g/mol. The fourth-order valence-corrected chi connectivity index (χ4v) is 9.51. The number of amides is 1. The lowest BCUT2D eigenvalue weighted by Crippen LogP contribution is -2.45. The van der Waals surface area contributed by atoms with Crippen molar-refractivity contribution < 1.29 is 24.5 Å². The Balaban J connectivity index is 3.48. The van der Waals surface area contributed by atoms with E-state index in [1.807, 2.05) is 6.08 Å². The van der Waals surface area contributed by atoms with E-state index in [0.717, 1.165) is 57.8 Å². The third-order valence-electron chi connectivity index (χ3n) is 14.2. The molecule has 6 nitrogen and oxygen atoms in total. The van der Waals surface area contributed by atoms with Crippen LogP contribution in [0, 0.1) is 0 Å². The predicted octanol–water partition coefficient (Wildman–Crippen LogP) is 19.0. The maximum atomic E-state index is 12.5. The van der Waals surface area contributed by atoms with E-state index in [0.29, 0.717) is 19.4 Å². The second kappa shape index (κ2) is 57.9. The van der Waals surface area contributed by atoms with Crippen molar-refractivity contribution in [3.05, 3.63) is 24.3 Å². The lowest BCUT2D eigenvalue weighted by molar-refractivity contribution is -0.143. The van der Waals surface area contributed by atoms with Gasteiger partial charge in [-0.1, -0.05) is 289 Å². The number of rotatable bonds is 57. The molecular weight excluding hydrogens is 839 g/mol. The molecular formula is C62H119NO5. The molecule has 0 saturated carbocycles. The van der Waals surface area contributed by atoms with E-state index >= 15 is 0 Å². The lowest BCUT2D eigenvalue weighted by Gasteiger charge is -2.20. The lowest BCUT2D eigenvalue weighted by atomic mass is 10.0. The molecule has 0 rings (SSSR count). The molecule has 0 spiro atoms. The maximum Gasteiger partial charge on any atom is 0.305 e. The van der Waals surface area contributed by atoms with E-state index in [2.05, 4.69) is 31.3 Å². The number of nitrogens with one attached hydrogen (secondary N) is 1. The van der Waals surface area contributed by atoms with Crippen LogP contribution in [0.5, 0.6) is 0 Å². The van der Waals surface area contributed by atoms with E-state index in [1.54, 1.807) is 6.08 Å². The zero-order valence-electron chi connectivity index (χ0n) is 45.9. The molecule has 68 heavy (non-hydrogen) atoms. The molecule has 0 radical (unpaired) electrons. The van der Waals surface area contributed by atoms with Crippen molar-refractivity contribution >= 4 is 11.9 Å². The smallest absolute Gasteiger partial charge is 0.305 e. The first kappa shape index (κ1) is 66.3. The molecule has 6 heteroatoms. The number of allylic oxidation sites excluding steroid dienone is 3. The van der Waals surface area contributed by atoms with Gasteiger partial charge in [0.05, 0.1) is 25.4 Å². The van der Waals surface area contributed by atoms with Gasteiger partial charge in [-0.3, -0.25) is 9.59 Å². The first-order valence-corrected chi connectivity index (χ1v) is 30.6. The summed E-state index contributed by atoms with van der Waals surface area (Å²) >= 11 is 0. The number of esters is 1. The van der Waals surface area contributed by atoms with Crippen molar-refractivity contribution in [2.45, 2.75) is 347 Å². The van der Waals surface area contributed by atoms with Crippen LogP contribution >= 0.6 is 0 Å². The van der Waals surface area contributed by atoms with Crippen LogP contribution in [0.2, 0.25) is 0 Å². The first-order chi connectivity index (χ1) is 33.5. The van der Waals surface area contributed by atoms with Crippen LogP contribution in [0.25, 0.3) is 0 Å². The summed E-state index contributed by atoms with van der Waals surface area (Å²) in [6.45, 7) is 4.88. The molecule has 0 saturated heterocycles. The summed E-state index contributed by atoms with van der Waals surface area (Å²) in [5.41, 5.74) is 0. The summed E-state index contributed by atoms with van der Waals surface area (Å²) in [4.78, 5) is 24.5. The number of carbonyl (C=O) groups excluding carboxylic acids is 2. The number of aliphatic hydroxyl groups is 2. The topological polar surface area (TPSA) is 95.9 Å². The quantitative estimate of drug-likeness (QED) is 0.0321. The van der Waals surface area contributed by atoms with Crippen molar-refractivity contribution in [3.8, 4) is 0 Å². The Morgan fingerprint density at radius 1 is 0.397 bits per heavy atom. The number of aliphatic hydroxyl groups excluding tert-OH is 2. The minimum Gasteiger partial charge on any atom is -0.466 e. The summed E-state index contributed by atoms with van der Waals surface area (Å²) in [5.74, 6) is -0.0931. The van der Waals surface area contributed by atoms with E-state index in [1.165, 1.54) is 250 Å². The highest BCUT2D eigenvalue weighted by atomic mass is 16.5. The Morgan fingerprint density at radius 2 is 0.691 bits per heavy atom. The average Bonchev–Trinajstić information content (AvgIpc) is 3.34. The van der Waals surface area contributed by atoms with Gasteiger partial charge >= 0.3 is 5.97 Å². The molecule has 1 amide bonds. The SMILES string of the molecule is CCCCCC/C=C\CCCCCCCC(=O)OCCCCCCCCCCCCCCCC(=O)NC(CO)C(O)/C=C/CCCCCCCCCCCCCCCCCCCCCCCCC. The molecule has 0 aromatic heterocycles. The van der Waals surface area contributed by atoms with Gasteiger partial charge in [0, 0.05) is 12.8 Å². The Hall–Kier alpha value is -1.66. The molecule has 0 aliphatic heterocycles. The standard InChI is InChI=1S/C62H119NO5/c1-3-5-7-9-11-13-15-17-18-19-20-21-22-23-24-25-26-27-28-31-34-38-42-46-50-54-60(65)59(58-64)63-61(66)55-51-47-43-39-35-32-29-33-37-41-45-49-53-57-68-62(67)56-52-48-44-40-36-30-16-14-12-10-8-6-4-2/h14,16,50,54,59-60,64-65H,3-13,15,17-49,51-53,55-58H2,1-2H3,(H,63,66)/b16-14-,54-50+. The van der Waals surface area contributed by atoms with Crippen LogP contribution in [0.1, 0.15) is 335 Å². The predicted molar refractivity (Wildman–Crippen MR) is 296 cm³/mol. The van der Waals surface area contributed by atoms with Gasteiger partial charge in [-0.25, -0.2) is 0 Å². The molecule has 0 heterocycles. The van der Waals surface area contributed by atoms with Crippen LogP contribution in [0.3, 0.4) is 0 Å². The van der Waals surface area contributed by atoms with Crippen molar-refractivity contribution in [1.29, 1.82) is 0 Å². The number of hydrogen-bond acceptors (Lipinski definition) is 5. The summed E-state index contributed by atoms with van der Waals surface area (Å²) in [7, 11) is 0. The Morgan fingerprint density at radius 3 is 1.06 bits per heavy atom. The van der Waals surface area contributed by atoms with Crippen molar-refractivity contribution in [3.63, 3.8) is 0 Å². The summed E-state index contributed by atoms with van der Waals surface area (Å²) < 4.78 is 5.46. The van der Waals surface area contributed by atoms with Crippen LogP contribution < -0.4 is 5.32 Å². The largest absolute Gasteiger partial charge is 0.466 e. The minimum atomic E-state index is -0.854. The highest BCUT2D eigenvalue weighted by molar-refractivity contribution is 5.76. The van der Waals surface area contributed by atoms with Gasteiger partial charge < -0.3 is 20.3 Å². The Labute approximate surface area is 424 Å². The van der Waals surface area contributed by atoms with Gasteiger partial charge in [0.15, 0.2) is 0 Å². The van der Waals surface area contributed by atoms with E-state index in [9.17, 15) is 19.8 Å². The van der Waals surface area contributed by atoms with Crippen LogP contribution in [-0.2, 0) is 14.3 Å². The van der Waals surface area contributed by atoms with Crippen molar-refractivity contribution in [2.24, 2.45) is 0 Å². The second-order valence-electron chi connectivity index (χ2n) is 21.0. The zero-order chi connectivity index (χ0) is 49.3. The third-order valence-corrected chi connectivity index (χ3v) is 14.2. The molecule has 3 N–H and O–H groups in total. The normalized spacial score (nSPS) is 12.7. The molecule has 0 aliphatic carbocycles. The van der Waals surface area contributed by atoms with Gasteiger partial charge in [0.25, 0.3) is 0 Å². The maximum absolute atomic E-state index is 12.5. The van der Waals surface area contributed by atoms with Crippen LogP contribution in [-0.4, -0.2) is 47.4 Å². The minimum absolute atomic E-state index is 0.0153. The highest BCUT2D eigenvalue weighted by Gasteiger charge is 2.18. The van der Waals surface area contributed by atoms with E-state index < -0.39 is 12.1 Å². The number of carbonyl (C=O) groups is 2. The van der Waals surface area contributed by atoms with Crippen molar-refractivity contribution in [2.75, 3.05) is 13.2 Å². The van der Waals surface area contributed by atoms with E-state index in [-0.39, 0.29) is 18.5 Å².